The maximum Gasteiger partial charge on any atom is 0.342 e. The molecule has 0 aromatic heterocycles. The van der Waals surface area contributed by atoms with Crippen LogP contribution in [0.1, 0.15) is 20.7 Å². The molecule has 0 fully saturated rings. The first-order valence-electron chi connectivity index (χ1n) is 11.2. The molecule has 0 N–H and O–H groups in total. The fourth-order valence-corrected chi connectivity index (χ4v) is 4.33. The second kappa shape index (κ2) is 9.46. The van der Waals surface area contributed by atoms with Crippen LogP contribution in [0, 0.1) is 0 Å². The van der Waals surface area contributed by atoms with Gasteiger partial charge in [0, 0.05) is 22.9 Å². The van der Waals surface area contributed by atoms with Crippen LogP contribution in [0.5, 0.6) is 28.7 Å². The van der Waals surface area contributed by atoms with E-state index in [0.29, 0.717) is 51.4 Å². The van der Waals surface area contributed by atoms with Crippen molar-refractivity contribution in [3.8, 4) is 39.9 Å². The molecule has 2 heterocycles. The number of methoxy groups -OCH3 is 2. The molecule has 0 unspecified atom stereocenters. The second-order valence-electron chi connectivity index (χ2n) is 8.38. The maximum absolute atomic E-state index is 13.3. The summed E-state index contributed by atoms with van der Waals surface area (Å²) in [4.78, 5) is 28.5. The lowest BCUT2D eigenvalue weighted by Crippen LogP contribution is -2.21. The summed E-state index contributed by atoms with van der Waals surface area (Å²) in [6.45, 7) is 0.925. The molecule has 10 heteroatoms. The van der Waals surface area contributed by atoms with Gasteiger partial charge in [0.05, 0.1) is 19.8 Å². The molecular weight excluding hydrogens is 470 g/mol. The van der Waals surface area contributed by atoms with E-state index in [-0.39, 0.29) is 37.1 Å². The molecule has 0 amide bonds. The van der Waals surface area contributed by atoms with Gasteiger partial charge in [-0.25, -0.2) is 9.59 Å². The fraction of sp³-hybridized carbons (Fsp3) is 0.308. The van der Waals surface area contributed by atoms with Gasteiger partial charge in [0.15, 0.2) is 23.0 Å². The zero-order valence-corrected chi connectivity index (χ0v) is 20.3. The van der Waals surface area contributed by atoms with Gasteiger partial charge in [-0.2, -0.15) is 0 Å². The first kappa shape index (κ1) is 23.6. The van der Waals surface area contributed by atoms with Gasteiger partial charge < -0.3 is 38.1 Å². The van der Waals surface area contributed by atoms with Gasteiger partial charge in [-0.1, -0.05) is 6.07 Å². The van der Waals surface area contributed by atoms with Gasteiger partial charge in [-0.15, -0.1) is 0 Å². The van der Waals surface area contributed by atoms with Crippen LogP contribution in [0.4, 0.5) is 0 Å². The van der Waals surface area contributed by atoms with Crippen LogP contribution >= 0.6 is 0 Å². The molecular formula is C26H25NO9. The number of hydrogen-bond donors (Lipinski definition) is 0. The van der Waals surface area contributed by atoms with E-state index in [1.165, 1.54) is 14.2 Å². The molecule has 2 aliphatic rings. The summed E-state index contributed by atoms with van der Waals surface area (Å²) in [5.74, 6) is 0.735. The highest BCUT2D eigenvalue weighted by Gasteiger charge is 2.34. The third kappa shape index (κ3) is 3.89. The molecule has 36 heavy (non-hydrogen) atoms. The van der Waals surface area contributed by atoms with Crippen molar-refractivity contribution in [1.29, 1.82) is 0 Å². The van der Waals surface area contributed by atoms with Crippen molar-refractivity contribution < 1.29 is 42.7 Å². The topological polar surface area (TPSA) is 102 Å². The molecule has 10 nitrogen and oxygen atoms in total. The number of ether oxygens (including phenoxy) is 7. The summed E-state index contributed by atoms with van der Waals surface area (Å²) in [7, 11) is 6.31. The Morgan fingerprint density at radius 1 is 0.861 bits per heavy atom. The van der Waals surface area contributed by atoms with Gasteiger partial charge in [0.2, 0.25) is 13.6 Å². The number of esters is 2. The summed E-state index contributed by atoms with van der Waals surface area (Å²) in [5, 5.41) is 1.09. The summed E-state index contributed by atoms with van der Waals surface area (Å²) < 4.78 is 38.9. The van der Waals surface area contributed by atoms with Crippen LogP contribution in [-0.4, -0.2) is 71.9 Å². The summed E-state index contributed by atoms with van der Waals surface area (Å²) in [6, 6.07) is 8.78. The van der Waals surface area contributed by atoms with Crippen molar-refractivity contribution in [3.05, 3.63) is 41.5 Å². The van der Waals surface area contributed by atoms with E-state index in [1.54, 1.807) is 30.3 Å². The lowest BCUT2D eigenvalue weighted by molar-refractivity contribution is 0.0552. The summed E-state index contributed by atoms with van der Waals surface area (Å²) >= 11 is 0. The molecule has 3 aromatic carbocycles. The average molecular weight is 495 g/mol. The molecule has 188 valence electrons. The third-order valence-electron chi connectivity index (χ3n) is 5.99. The molecule has 0 saturated heterocycles. The fourth-order valence-electron chi connectivity index (χ4n) is 4.33. The predicted molar refractivity (Wildman–Crippen MR) is 128 cm³/mol. The van der Waals surface area contributed by atoms with Crippen LogP contribution in [0.3, 0.4) is 0 Å². The summed E-state index contributed by atoms with van der Waals surface area (Å²) in [6.07, 6.45) is 0. The van der Waals surface area contributed by atoms with Crippen molar-refractivity contribution >= 4 is 22.7 Å². The van der Waals surface area contributed by atoms with E-state index >= 15 is 0 Å². The Morgan fingerprint density at radius 2 is 1.53 bits per heavy atom. The first-order chi connectivity index (χ1) is 17.4. The normalized spacial score (nSPS) is 13.2. The number of fused-ring (bicyclic) bond motifs is 4. The van der Waals surface area contributed by atoms with Crippen LogP contribution in [-0.2, 0) is 9.47 Å². The average Bonchev–Trinajstić information content (AvgIpc) is 3.55. The number of hydrogen-bond acceptors (Lipinski definition) is 10. The number of carbonyl (C=O) groups is 2. The van der Waals surface area contributed by atoms with Gasteiger partial charge >= 0.3 is 11.9 Å². The van der Waals surface area contributed by atoms with Crippen LogP contribution in [0.2, 0.25) is 0 Å². The molecule has 0 atom stereocenters. The molecule has 0 aliphatic carbocycles. The minimum Gasteiger partial charge on any atom is -0.491 e. The molecule has 0 saturated carbocycles. The highest BCUT2D eigenvalue weighted by atomic mass is 16.7. The van der Waals surface area contributed by atoms with E-state index in [0.717, 1.165) is 0 Å². The highest BCUT2D eigenvalue weighted by molar-refractivity contribution is 6.20. The van der Waals surface area contributed by atoms with E-state index in [2.05, 4.69) is 0 Å². The van der Waals surface area contributed by atoms with Crippen molar-refractivity contribution in [2.45, 2.75) is 0 Å². The largest absolute Gasteiger partial charge is 0.491 e. The lowest BCUT2D eigenvalue weighted by Gasteiger charge is -2.22. The van der Waals surface area contributed by atoms with Gasteiger partial charge in [-0.3, -0.25) is 0 Å². The molecule has 2 aliphatic heterocycles. The Labute approximate surface area is 207 Å². The number of nitrogens with zero attached hydrogens (tertiary/aromatic N) is 1. The number of carbonyl (C=O) groups excluding carboxylic acids is 2. The lowest BCUT2D eigenvalue weighted by atomic mass is 9.87. The van der Waals surface area contributed by atoms with Crippen molar-refractivity contribution in [2.75, 3.05) is 55.1 Å². The molecule has 0 radical (unpaired) electrons. The second-order valence-corrected chi connectivity index (χ2v) is 8.38. The maximum atomic E-state index is 13.3. The Hall–Kier alpha value is -4.18. The van der Waals surface area contributed by atoms with Gasteiger partial charge in [-0.05, 0) is 43.9 Å². The third-order valence-corrected chi connectivity index (χ3v) is 5.99. The predicted octanol–water partition coefficient (Wildman–Crippen LogP) is 3.48. The number of likely N-dealkylation sites (N-methyl/N-ethyl adjacent to an activating group) is 1. The van der Waals surface area contributed by atoms with Gasteiger partial charge in [0.1, 0.15) is 17.9 Å². The van der Waals surface area contributed by atoms with E-state index in [1.807, 2.05) is 19.0 Å². The van der Waals surface area contributed by atoms with Crippen molar-refractivity contribution in [1.82, 2.24) is 4.90 Å². The van der Waals surface area contributed by atoms with E-state index < -0.39 is 11.9 Å². The molecule has 5 rings (SSSR count). The Bertz CT molecular complexity index is 1370. The molecule has 0 spiro atoms. The monoisotopic (exact) mass is 495 g/mol. The minimum atomic E-state index is -0.739. The number of rotatable bonds is 7. The van der Waals surface area contributed by atoms with Gasteiger partial charge in [0.25, 0.3) is 0 Å². The first-order valence-corrected chi connectivity index (χ1v) is 11.2. The zero-order chi connectivity index (χ0) is 25.4. The Balaban J connectivity index is 1.90. The van der Waals surface area contributed by atoms with E-state index in [4.69, 9.17) is 33.2 Å². The smallest absolute Gasteiger partial charge is 0.342 e. The Morgan fingerprint density at radius 3 is 2.28 bits per heavy atom. The highest BCUT2D eigenvalue weighted by Crippen LogP contribution is 2.51. The quantitative estimate of drug-likeness (QED) is 0.453. The zero-order valence-electron chi connectivity index (χ0n) is 20.3. The SMILES string of the molecule is COC(=O)c1c(C(=O)OC)c(-c2ccc3c(c2)OCO3)c2c3c(ccc2c1OCCN(C)C)OCO3. The van der Waals surface area contributed by atoms with Crippen LogP contribution < -0.4 is 23.7 Å². The van der Waals surface area contributed by atoms with Crippen LogP contribution in [0.15, 0.2) is 30.3 Å². The molecule has 3 aromatic rings. The molecule has 0 bridgehead atoms. The Kier molecular flexibility index (Phi) is 6.19. The van der Waals surface area contributed by atoms with Crippen LogP contribution in [0.25, 0.3) is 21.9 Å². The van der Waals surface area contributed by atoms with Crippen molar-refractivity contribution in [3.63, 3.8) is 0 Å². The van der Waals surface area contributed by atoms with Crippen molar-refractivity contribution in [2.24, 2.45) is 0 Å². The van der Waals surface area contributed by atoms with E-state index in [9.17, 15) is 9.59 Å². The number of benzene rings is 3. The summed E-state index contributed by atoms with van der Waals surface area (Å²) in [5.41, 5.74) is 0.929. The standard InChI is InChI=1S/C26H25NO9/c1-27(2)9-10-32-23-15-6-8-17-24(36-13-34-17)20(15)19(14-5-7-16-18(11-14)35-12-33-16)21(25(28)30-3)22(23)26(29)31-4/h5-8,11H,9-10,12-13H2,1-4H3. The minimum absolute atomic E-state index is 0.0121.